The maximum atomic E-state index is 13.0. The van der Waals surface area contributed by atoms with Crippen molar-refractivity contribution in [2.75, 3.05) is 6.54 Å². The minimum atomic E-state index is -4.53. The molecule has 0 aromatic heterocycles. The van der Waals surface area contributed by atoms with E-state index in [1.54, 1.807) is 30.3 Å². The quantitative estimate of drug-likeness (QED) is 0.777. The average molecular weight is 302 g/mol. The van der Waals surface area contributed by atoms with Crippen LogP contribution in [0.5, 0.6) is 0 Å². The average Bonchev–Trinajstić information content (AvgIpc) is 2.85. The van der Waals surface area contributed by atoms with Gasteiger partial charge in [0.15, 0.2) is 0 Å². The number of amides is 1. The normalized spacial score (nSPS) is 23.8. The molecule has 0 radical (unpaired) electrons. The molecule has 1 aliphatic rings. The predicted octanol–water partition coefficient (Wildman–Crippen LogP) is 0.999. The molecule has 1 aromatic carbocycles. The van der Waals surface area contributed by atoms with Crippen molar-refractivity contribution < 1.29 is 23.1 Å². The van der Waals surface area contributed by atoms with Gasteiger partial charge in [-0.3, -0.25) is 4.79 Å². The van der Waals surface area contributed by atoms with E-state index in [-0.39, 0.29) is 19.4 Å². The largest absolute Gasteiger partial charge is 0.408 e. The Morgan fingerprint density at radius 1 is 1.38 bits per heavy atom. The summed E-state index contributed by atoms with van der Waals surface area (Å²) in [6.45, 7) is 0.216. The van der Waals surface area contributed by atoms with E-state index >= 15 is 0 Å². The number of hydrogen-bond acceptors (Lipinski definition) is 3. The van der Waals surface area contributed by atoms with Gasteiger partial charge in [0.25, 0.3) is 0 Å². The number of carbonyl (C=O) groups excluding carboxylic acids is 1. The maximum absolute atomic E-state index is 13.0. The highest BCUT2D eigenvalue weighted by Crippen LogP contribution is 2.23. The molecule has 0 aliphatic carbocycles. The minimum absolute atomic E-state index is 0.127. The monoisotopic (exact) mass is 302 g/mol. The fourth-order valence-electron chi connectivity index (χ4n) is 2.29. The maximum Gasteiger partial charge on any atom is 0.408 e. The highest BCUT2D eigenvalue weighted by molar-refractivity contribution is 5.82. The van der Waals surface area contributed by atoms with Gasteiger partial charge in [0, 0.05) is 13.0 Å². The molecule has 116 valence electrons. The second kappa shape index (κ2) is 6.44. The number of aliphatic hydroxyl groups is 1. The topological polar surface area (TPSA) is 61.4 Å². The van der Waals surface area contributed by atoms with Crippen molar-refractivity contribution in [1.82, 2.24) is 10.6 Å². The Bertz CT molecular complexity index is 479. The van der Waals surface area contributed by atoms with E-state index in [1.165, 1.54) is 0 Å². The number of benzene rings is 1. The van der Waals surface area contributed by atoms with Crippen molar-refractivity contribution in [3.05, 3.63) is 35.9 Å². The van der Waals surface area contributed by atoms with Gasteiger partial charge < -0.3 is 15.7 Å². The molecule has 3 atom stereocenters. The summed E-state index contributed by atoms with van der Waals surface area (Å²) in [6, 6.07) is 5.48. The molecule has 0 bridgehead atoms. The van der Waals surface area contributed by atoms with Crippen LogP contribution in [0, 0.1) is 0 Å². The molecule has 1 saturated heterocycles. The summed E-state index contributed by atoms with van der Waals surface area (Å²) in [6.07, 6.45) is -5.41. The van der Waals surface area contributed by atoms with Crippen LogP contribution in [0.15, 0.2) is 30.3 Å². The van der Waals surface area contributed by atoms with Gasteiger partial charge in [0.05, 0.1) is 12.1 Å². The fourth-order valence-corrected chi connectivity index (χ4v) is 2.29. The number of halogens is 3. The number of alkyl halides is 3. The zero-order valence-electron chi connectivity index (χ0n) is 11.2. The van der Waals surface area contributed by atoms with E-state index in [0.717, 1.165) is 0 Å². The number of aliphatic hydroxyl groups excluding tert-OH is 1. The first-order chi connectivity index (χ1) is 9.86. The number of hydrogen-bond donors (Lipinski definition) is 3. The van der Waals surface area contributed by atoms with Crippen LogP contribution in [-0.2, 0) is 11.2 Å². The molecule has 0 saturated carbocycles. The Labute approximate surface area is 120 Å². The van der Waals surface area contributed by atoms with Gasteiger partial charge >= 0.3 is 6.18 Å². The number of nitrogens with one attached hydrogen (secondary N) is 2. The molecule has 2 rings (SSSR count). The van der Waals surface area contributed by atoms with Crippen molar-refractivity contribution in [3.8, 4) is 0 Å². The van der Waals surface area contributed by atoms with Crippen molar-refractivity contribution in [1.29, 1.82) is 0 Å². The van der Waals surface area contributed by atoms with Crippen LogP contribution >= 0.6 is 0 Å². The third kappa shape index (κ3) is 4.44. The van der Waals surface area contributed by atoms with Gasteiger partial charge in [-0.05, 0) is 12.0 Å². The van der Waals surface area contributed by atoms with Gasteiger partial charge in [-0.25, -0.2) is 0 Å². The van der Waals surface area contributed by atoms with Gasteiger partial charge in [0.1, 0.15) is 6.04 Å². The zero-order valence-corrected chi connectivity index (χ0v) is 11.2. The van der Waals surface area contributed by atoms with E-state index in [0.29, 0.717) is 5.56 Å². The third-order valence-electron chi connectivity index (χ3n) is 3.42. The van der Waals surface area contributed by atoms with E-state index in [1.807, 2.05) is 5.32 Å². The Hall–Kier alpha value is -1.60. The van der Waals surface area contributed by atoms with E-state index in [9.17, 15) is 23.1 Å². The van der Waals surface area contributed by atoms with E-state index in [4.69, 9.17) is 0 Å². The Kier molecular flexibility index (Phi) is 4.84. The zero-order chi connectivity index (χ0) is 15.5. The van der Waals surface area contributed by atoms with Crippen LogP contribution in [0.25, 0.3) is 0 Å². The summed E-state index contributed by atoms with van der Waals surface area (Å²) in [7, 11) is 0. The molecule has 7 heteroatoms. The van der Waals surface area contributed by atoms with Crippen molar-refractivity contribution in [2.24, 2.45) is 0 Å². The van der Waals surface area contributed by atoms with Crippen LogP contribution in [0.1, 0.15) is 12.0 Å². The van der Waals surface area contributed by atoms with Crippen LogP contribution < -0.4 is 10.6 Å². The first-order valence-electron chi connectivity index (χ1n) is 6.68. The SMILES string of the molecule is O=C(NC(Cc1ccccc1)C(F)(F)F)C1CC(O)CN1. The molecule has 21 heavy (non-hydrogen) atoms. The fraction of sp³-hybridized carbons (Fsp3) is 0.500. The van der Waals surface area contributed by atoms with Crippen LogP contribution in [0.4, 0.5) is 13.2 Å². The first kappa shape index (κ1) is 15.8. The Morgan fingerprint density at radius 3 is 2.57 bits per heavy atom. The highest BCUT2D eigenvalue weighted by atomic mass is 19.4. The smallest absolute Gasteiger partial charge is 0.392 e. The number of carbonyl (C=O) groups is 1. The van der Waals surface area contributed by atoms with E-state index < -0.39 is 30.3 Å². The van der Waals surface area contributed by atoms with E-state index in [2.05, 4.69) is 5.32 Å². The van der Waals surface area contributed by atoms with Gasteiger partial charge in [-0.15, -0.1) is 0 Å². The molecule has 3 unspecified atom stereocenters. The molecule has 4 nitrogen and oxygen atoms in total. The predicted molar refractivity (Wildman–Crippen MR) is 70.5 cm³/mol. The highest BCUT2D eigenvalue weighted by Gasteiger charge is 2.42. The molecular weight excluding hydrogens is 285 g/mol. The second-order valence-electron chi connectivity index (χ2n) is 5.14. The third-order valence-corrected chi connectivity index (χ3v) is 3.42. The van der Waals surface area contributed by atoms with Crippen LogP contribution in [0.3, 0.4) is 0 Å². The molecular formula is C14H17F3N2O2. The summed E-state index contributed by atoms with van der Waals surface area (Å²) in [4.78, 5) is 11.9. The molecule has 1 aliphatic heterocycles. The Balaban J connectivity index is 2.02. The minimum Gasteiger partial charge on any atom is -0.392 e. The standard InChI is InChI=1S/C14H17F3N2O2/c15-14(16,17)12(6-9-4-2-1-3-5-9)19-13(21)11-7-10(20)8-18-11/h1-5,10-12,18,20H,6-8H2,(H,19,21). The van der Waals surface area contributed by atoms with Crippen LogP contribution in [0.2, 0.25) is 0 Å². The summed E-state index contributed by atoms with van der Waals surface area (Å²) < 4.78 is 39.1. The summed E-state index contributed by atoms with van der Waals surface area (Å²) in [5, 5.41) is 14.0. The lowest BCUT2D eigenvalue weighted by Crippen LogP contribution is -2.51. The van der Waals surface area contributed by atoms with Crippen molar-refractivity contribution in [3.63, 3.8) is 0 Å². The lowest BCUT2D eigenvalue weighted by molar-refractivity contribution is -0.162. The lowest BCUT2D eigenvalue weighted by Gasteiger charge is -2.23. The lowest BCUT2D eigenvalue weighted by atomic mass is 10.0. The number of β-amino-alcohol motifs (C(OH)–C–C–N with tert-alkyl or cyclic N) is 1. The first-order valence-corrected chi connectivity index (χ1v) is 6.68. The summed E-state index contributed by atoms with van der Waals surface area (Å²) in [5.74, 6) is -0.732. The molecule has 1 fully saturated rings. The second-order valence-corrected chi connectivity index (χ2v) is 5.14. The van der Waals surface area contributed by atoms with Crippen molar-refractivity contribution >= 4 is 5.91 Å². The van der Waals surface area contributed by atoms with Gasteiger partial charge in [-0.1, -0.05) is 30.3 Å². The van der Waals surface area contributed by atoms with Crippen molar-refractivity contribution in [2.45, 2.75) is 37.2 Å². The Morgan fingerprint density at radius 2 is 2.05 bits per heavy atom. The molecule has 0 spiro atoms. The van der Waals surface area contributed by atoms with Gasteiger partial charge in [0.2, 0.25) is 5.91 Å². The molecule has 3 N–H and O–H groups in total. The molecule has 1 heterocycles. The summed E-state index contributed by atoms with van der Waals surface area (Å²) >= 11 is 0. The van der Waals surface area contributed by atoms with Gasteiger partial charge in [-0.2, -0.15) is 13.2 Å². The molecule has 1 amide bonds. The van der Waals surface area contributed by atoms with Crippen LogP contribution in [-0.4, -0.2) is 41.9 Å². The number of rotatable bonds is 4. The summed E-state index contributed by atoms with van der Waals surface area (Å²) in [5.41, 5.74) is 0.500. The molecule has 1 aromatic rings.